The average molecular weight is 227 g/mol. The van der Waals surface area contributed by atoms with Crippen molar-refractivity contribution in [1.82, 2.24) is 0 Å². The first-order chi connectivity index (χ1) is 8.27. The lowest BCUT2D eigenvalue weighted by Gasteiger charge is -2.29. The molecule has 0 bridgehead atoms. The summed E-state index contributed by atoms with van der Waals surface area (Å²) in [6, 6.07) is 19.8. The standard InChI is InChI=1S/C15H17NO/c1-13(15-10-6-3-7-11-15)16(17)12-14-8-4-2-5-9-14/h2-11,13,16H,12H2,1H3. The summed E-state index contributed by atoms with van der Waals surface area (Å²) in [6.45, 7) is 2.48. The molecule has 2 heteroatoms. The first-order valence-electron chi connectivity index (χ1n) is 5.89. The molecule has 0 saturated heterocycles. The Kier molecular flexibility index (Phi) is 3.91. The second-order valence-corrected chi connectivity index (χ2v) is 4.26. The van der Waals surface area contributed by atoms with E-state index in [9.17, 15) is 5.21 Å². The van der Waals surface area contributed by atoms with Crippen LogP contribution in [0.2, 0.25) is 0 Å². The van der Waals surface area contributed by atoms with Gasteiger partial charge in [-0.1, -0.05) is 60.7 Å². The molecule has 0 spiro atoms. The number of nitrogens with one attached hydrogen (secondary N) is 1. The van der Waals surface area contributed by atoms with Gasteiger partial charge in [0.05, 0.1) is 0 Å². The van der Waals surface area contributed by atoms with Gasteiger partial charge in [-0.3, -0.25) is 0 Å². The molecule has 0 fully saturated rings. The highest BCUT2D eigenvalue weighted by atomic mass is 16.5. The summed E-state index contributed by atoms with van der Waals surface area (Å²) in [4.78, 5) is 0. The third-order valence-corrected chi connectivity index (χ3v) is 3.00. The van der Waals surface area contributed by atoms with Crippen LogP contribution in [0.5, 0.6) is 0 Å². The topological polar surface area (TPSA) is 27.5 Å². The van der Waals surface area contributed by atoms with Gasteiger partial charge in [0, 0.05) is 11.1 Å². The fraction of sp³-hybridized carbons (Fsp3) is 0.200. The molecule has 0 aliphatic carbocycles. The lowest BCUT2D eigenvalue weighted by atomic mass is 10.1. The van der Waals surface area contributed by atoms with E-state index in [2.05, 4.69) is 0 Å². The molecule has 2 unspecified atom stereocenters. The Morgan fingerprint density at radius 3 is 2.06 bits per heavy atom. The lowest BCUT2D eigenvalue weighted by Crippen LogP contribution is -3.05. The van der Waals surface area contributed by atoms with Crippen molar-refractivity contribution in [1.29, 1.82) is 0 Å². The summed E-state index contributed by atoms with van der Waals surface area (Å²) >= 11 is 0. The molecular formula is C15H17NO. The Morgan fingerprint density at radius 2 is 1.47 bits per heavy atom. The Balaban J connectivity index is 2.03. The van der Waals surface area contributed by atoms with E-state index in [1.165, 1.54) is 0 Å². The van der Waals surface area contributed by atoms with Crippen LogP contribution in [0.3, 0.4) is 0 Å². The predicted molar refractivity (Wildman–Crippen MR) is 69.3 cm³/mol. The van der Waals surface area contributed by atoms with Crippen LogP contribution in [-0.2, 0) is 6.54 Å². The number of hydroxylamine groups is 2. The van der Waals surface area contributed by atoms with Crippen molar-refractivity contribution in [3.63, 3.8) is 0 Å². The fourth-order valence-electron chi connectivity index (χ4n) is 1.88. The first-order valence-corrected chi connectivity index (χ1v) is 5.89. The summed E-state index contributed by atoms with van der Waals surface area (Å²) in [5.74, 6) is 0. The van der Waals surface area contributed by atoms with E-state index < -0.39 is 0 Å². The third kappa shape index (κ3) is 3.16. The summed E-state index contributed by atoms with van der Waals surface area (Å²) in [5.41, 5.74) is 2.17. The van der Waals surface area contributed by atoms with Gasteiger partial charge >= 0.3 is 0 Å². The van der Waals surface area contributed by atoms with E-state index in [1.807, 2.05) is 67.6 Å². The molecule has 0 amide bonds. The SMILES string of the molecule is CC(c1ccccc1)[NH+]([O-])Cc1ccccc1. The largest absolute Gasteiger partial charge is 0.634 e. The van der Waals surface area contributed by atoms with E-state index in [4.69, 9.17) is 0 Å². The number of hydrogen-bond donors (Lipinski definition) is 1. The van der Waals surface area contributed by atoms with Crippen LogP contribution in [0.25, 0.3) is 0 Å². The maximum atomic E-state index is 12.1. The van der Waals surface area contributed by atoms with Crippen molar-refractivity contribution in [2.75, 3.05) is 0 Å². The number of hydrogen-bond acceptors (Lipinski definition) is 1. The van der Waals surface area contributed by atoms with Crippen LogP contribution < -0.4 is 5.06 Å². The molecule has 0 aromatic heterocycles. The second kappa shape index (κ2) is 5.62. The van der Waals surface area contributed by atoms with Gasteiger partial charge in [0.2, 0.25) is 0 Å². The third-order valence-electron chi connectivity index (χ3n) is 3.00. The van der Waals surface area contributed by atoms with Crippen molar-refractivity contribution < 1.29 is 5.06 Å². The Hall–Kier alpha value is -1.64. The van der Waals surface area contributed by atoms with Crippen molar-refractivity contribution in [3.05, 3.63) is 77.0 Å². The molecule has 2 nitrogen and oxygen atoms in total. The lowest BCUT2D eigenvalue weighted by molar-refractivity contribution is -0.893. The highest BCUT2D eigenvalue weighted by molar-refractivity contribution is 5.17. The van der Waals surface area contributed by atoms with E-state index in [1.54, 1.807) is 0 Å². The minimum absolute atomic E-state index is 0.0311. The molecule has 0 heterocycles. The number of quaternary nitrogens is 1. The monoisotopic (exact) mass is 227 g/mol. The van der Waals surface area contributed by atoms with Gasteiger partial charge in [-0.2, -0.15) is 0 Å². The maximum absolute atomic E-state index is 12.1. The van der Waals surface area contributed by atoms with Crippen LogP contribution in [0, 0.1) is 5.21 Å². The highest BCUT2D eigenvalue weighted by Gasteiger charge is 2.11. The molecule has 2 aromatic carbocycles. The molecule has 17 heavy (non-hydrogen) atoms. The van der Waals surface area contributed by atoms with E-state index >= 15 is 0 Å². The molecule has 0 aliphatic rings. The van der Waals surface area contributed by atoms with E-state index in [0.29, 0.717) is 6.54 Å². The Labute approximate surface area is 102 Å². The van der Waals surface area contributed by atoms with Gasteiger partial charge < -0.3 is 10.3 Å². The zero-order chi connectivity index (χ0) is 12.1. The Bertz CT molecular complexity index is 441. The zero-order valence-corrected chi connectivity index (χ0v) is 9.97. The van der Waals surface area contributed by atoms with Crippen LogP contribution in [-0.4, -0.2) is 0 Å². The van der Waals surface area contributed by atoms with Gasteiger partial charge in [0.25, 0.3) is 0 Å². The number of rotatable bonds is 4. The van der Waals surface area contributed by atoms with Gasteiger partial charge in [-0.25, -0.2) is 0 Å². The molecule has 0 aliphatic heterocycles. The van der Waals surface area contributed by atoms with Crippen LogP contribution in [0.15, 0.2) is 60.7 Å². The molecular weight excluding hydrogens is 210 g/mol. The van der Waals surface area contributed by atoms with Crippen molar-refractivity contribution in [3.8, 4) is 0 Å². The van der Waals surface area contributed by atoms with Gasteiger partial charge in [0.1, 0.15) is 12.6 Å². The summed E-state index contributed by atoms with van der Waals surface area (Å²) in [7, 11) is 0. The molecule has 88 valence electrons. The fourth-order valence-corrected chi connectivity index (χ4v) is 1.88. The van der Waals surface area contributed by atoms with E-state index in [-0.39, 0.29) is 11.1 Å². The molecule has 2 aromatic rings. The van der Waals surface area contributed by atoms with Crippen molar-refractivity contribution in [2.45, 2.75) is 19.5 Å². The van der Waals surface area contributed by atoms with Crippen LogP contribution >= 0.6 is 0 Å². The van der Waals surface area contributed by atoms with E-state index in [0.717, 1.165) is 11.1 Å². The average Bonchev–Trinajstić information content (AvgIpc) is 2.40. The predicted octanol–water partition coefficient (Wildman–Crippen LogP) is 2.33. The van der Waals surface area contributed by atoms with Crippen LogP contribution in [0.1, 0.15) is 24.1 Å². The normalized spacial score (nSPS) is 14.2. The summed E-state index contributed by atoms with van der Waals surface area (Å²) < 4.78 is 0. The van der Waals surface area contributed by atoms with Gasteiger partial charge in [-0.05, 0) is 6.92 Å². The minimum Gasteiger partial charge on any atom is -0.634 e. The molecule has 2 atom stereocenters. The Morgan fingerprint density at radius 1 is 0.941 bits per heavy atom. The molecule has 0 radical (unpaired) electrons. The molecule has 0 saturated carbocycles. The van der Waals surface area contributed by atoms with Crippen LogP contribution in [0.4, 0.5) is 0 Å². The minimum atomic E-state index is -0.0311. The number of benzene rings is 2. The van der Waals surface area contributed by atoms with Gasteiger partial charge in [0.15, 0.2) is 0 Å². The first kappa shape index (κ1) is 11.8. The van der Waals surface area contributed by atoms with Gasteiger partial charge in [-0.15, -0.1) is 0 Å². The summed E-state index contributed by atoms with van der Waals surface area (Å²) in [5, 5.41) is 12.4. The quantitative estimate of drug-likeness (QED) is 0.798. The maximum Gasteiger partial charge on any atom is 0.110 e. The smallest absolute Gasteiger partial charge is 0.110 e. The summed E-state index contributed by atoms with van der Waals surface area (Å²) in [6.07, 6.45) is 0. The molecule has 1 N–H and O–H groups in total. The second-order valence-electron chi connectivity index (χ2n) is 4.26. The highest BCUT2D eigenvalue weighted by Crippen LogP contribution is 2.08. The van der Waals surface area contributed by atoms with Crippen molar-refractivity contribution in [2.24, 2.45) is 0 Å². The van der Waals surface area contributed by atoms with Crippen molar-refractivity contribution >= 4 is 0 Å². The molecule has 2 rings (SSSR count). The zero-order valence-electron chi connectivity index (χ0n) is 9.97.